The molecule has 1 aliphatic rings. The van der Waals surface area contributed by atoms with Gasteiger partial charge in [-0.2, -0.15) is 0 Å². The Kier molecular flexibility index (Phi) is 5.54. The van der Waals surface area contributed by atoms with E-state index in [1.165, 1.54) is 6.92 Å². The van der Waals surface area contributed by atoms with E-state index in [9.17, 15) is 14.4 Å². The number of hydrogen-bond donors (Lipinski definition) is 2. The fourth-order valence-corrected chi connectivity index (χ4v) is 3.01. The van der Waals surface area contributed by atoms with Crippen molar-refractivity contribution in [3.05, 3.63) is 54.1 Å². The molecular weight excluding hydrogens is 342 g/mol. The summed E-state index contributed by atoms with van der Waals surface area (Å²) in [6.07, 6.45) is 1.49. The number of carbonyl (C=O) groups is 3. The van der Waals surface area contributed by atoms with E-state index in [2.05, 4.69) is 10.6 Å². The first-order valence-electron chi connectivity index (χ1n) is 9.03. The van der Waals surface area contributed by atoms with Crippen LogP contribution in [0.5, 0.6) is 0 Å². The molecule has 3 rings (SSSR count). The summed E-state index contributed by atoms with van der Waals surface area (Å²) in [6.45, 7) is 4.04. The van der Waals surface area contributed by atoms with Crippen LogP contribution in [-0.2, 0) is 9.59 Å². The number of benzene rings is 2. The smallest absolute Gasteiger partial charge is 0.246 e. The Balaban J connectivity index is 1.57. The van der Waals surface area contributed by atoms with Crippen molar-refractivity contribution < 1.29 is 14.4 Å². The van der Waals surface area contributed by atoms with E-state index in [1.807, 2.05) is 24.3 Å². The topological polar surface area (TPSA) is 78.5 Å². The second-order valence-electron chi connectivity index (χ2n) is 6.68. The molecule has 27 heavy (non-hydrogen) atoms. The molecule has 2 amide bonds. The molecule has 0 bridgehead atoms. The van der Waals surface area contributed by atoms with Crippen LogP contribution in [0.15, 0.2) is 48.5 Å². The molecule has 1 saturated heterocycles. The van der Waals surface area contributed by atoms with Gasteiger partial charge in [-0.3, -0.25) is 14.4 Å². The number of hydrogen-bond acceptors (Lipinski definition) is 4. The molecule has 2 aromatic rings. The predicted octanol–water partition coefficient (Wildman–Crippen LogP) is 3.46. The third-order valence-corrected chi connectivity index (χ3v) is 4.59. The Morgan fingerprint density at radius 3 is 2.19 bits per heavy atom. The first kappa shape index (κ1) is 18.6. The van der Waals surface area contributed by atoms with E-state index in [0.717, 1.165) is 24.3 Å². The lowest BCUT2D eigenvalue weighted by Crippen LogP contribution is -2.31. The van der Waals surface area contributed by atoms with Gasteiger partial charge in [-0.1, -0.05) is 0 Å². The molecule has 0 saturated carbocycles. The first-order valence-corrected chi connectivity index (χ1v) is 9.03. The van der Waals surface area contributed by atoms with E-state index in [0.29, 0.717) is 17.7 Å². The molecule has 0 radical (unpaired) electrons. The fourth-order valence-electron chi connectivity index (χ4n) is 3.01. The van der Waals surface area contributed by atoms with Gasteiger partial charge in [-0.25, -0.2) is 0 Å². The summed E-state index contributed by atoms with van der Waals surface area (Å²) in [6, 6.07) is 13.9. The molecule has 1 aliphatic heterocycles. The van der Waals surface area contributed by atoms with Crippen molar-refractivity contribution in [2.24, 2.45) is 0 Å². The molecule has 0 unspecified atom stereocenters. The molecule has 0 spiro atoms. The third-order valence-electron chi connectivity index (χ3n) is 4.59. The molecule has 2 aromatic carbocycles. The highest BCUT2D eigenvalue weighted by Crippen LogP contribution is 2.23. The van der Waals surface area contributed by atoms with Crippen molar-refractivity contribution >= 4 is 34.7 Å². The highest BCUT2D eigenvalue weighted by molar-refractivity contribution is 5.98. The van der Waals surface area contributed by atoms with Crippen LogP contribution >= 0.6 is 0 Å². The minimum atomic E-state index is -0.447. The van der Waals surface area contributed by atoms with Crippen molar-refractivity contribution in [2.45, 2.75) is 32.7 Å². The average molecular weight is 365 g/mol. The summed E-state index contributed by atoms with van der Waals surface area (Å²) >= 11 is 0. The number of rotatable bonds is 6. The lowest BCUT2D eigenvalue weighted by atomic mass is 10.1. The SMILES string of the molecule is CC(=O)c1ccc(NC(=O)[C@@H](C)Nc2ccc(N3CCCC3=O)cc2)cc1. The van der Waals surface area contributed by atoms with Gasteiger partial charge in [0.25, 0.3) is 0 Å². The summed E-state index contributed by atoms with van der Waals surface area (Å²) in [4.78, 5) is 37.2. The first-order chi connectivity index (χ1) is 12.9. The van der Waals surface area contributed by atoms with Crippen LogP contribution in [0, 0.1) is 0 Å². The summed E-state index contributed by atoms with van der Waals surface area (Å²) in [5.74, 6) is -0.0365. The zero-order chi connectivity index (χ0) is 19.4. The summed E-state index contributed by atoms with van der Waals surface area (Å²) in [7, 11) is 0. The number of amides is 2. The Hall–Kier alpha value is -3.15. The summed E-state index contributed by atoms with van der Waals surface area (Å²) in [5.41, 5.74) is 2.93. The highest BCUT2D eigenvalue weighted by atomic mass is 16.2. The standard InChI is InChI=1S/C21H23N3O3/c1-14(21(27)23-18-7-5-16(6-8-18)15(2)25)22-17-9-11-19(12-10-17)24-13-3-4-20(24)26/h5-12,14,22H,3-4,13H2,1-2H3,(H,23,27)/t14-/m1/s1. The van der Waals surface area contributed by atoms with Crippen molar-refractivity contribution in [3.8, 4) is 0 Å². The van der Waals surface area contributed by atoms with Crippen LogP contribution in [0.2, 0.25) is 0 Å². The van der Waals surface area contributed by atoms with Gasteiger partial charge in [-0.15, -0.1) is 0 Å². The molecule has 6 nitrogen and oxygen atoms in total. The van der Waals surface area contributed by atoms with Crippen molar-refractivity contribution in [2.75, 3.05) is 22.1 Å². The maximum absolute atomic E-state index is 12.4. The van der Waals surface area contributed by atoms with Crippen molar-refractivity contribution in [1.82, 2.24) is 0 Å². The van der Waals surface area contributed by atoms with E-state index in [1.54, 1.807) is 36.1 Å². The maximum atomic E-state index is 12.4. The van der Waals surface area contributed by atoms with Gasteiger partial charge in [0.2, 0.25) is 11.8 Å². The summed E-state index contributed by atoms with van der Waals surface area (Å²) < 4.78 is 0. The van der Waals surface area contributed by atoms with Gasteiger partial charge in [0.15, 0.2) is 5.78 Å². The van der Waals surface area contributed by atoms with Gasteiger partial charge in [0, 0.05) is 35.6 Å². The number of nitrogens with one attached hydrogen (secondary N) is 2. The lowest BCUT2D eigenvalue weighted by Gasteiger charge is -2.18. The minimum absolute atomic E-state index is 0.0120. The number of nitrogens with zero attached hydrogens (tertiary/aromatic N) is 1. The molecule has 2 N–H and O–H groups in total. The van der Waals surface area contributed by atoms with Gasteiger partial charge < -0.3 is 15.5 Å². The normalized spacial score (nSPS) is 14.7. The second-order valence-corrected chi connectivity index (χ2v) is 6.68. The molecule has 140 valence electrons. The average Bonchev–Trinajstić information content (AvgIpc) is 3.08. The van der Waals surface area contributed by atoms with Crippen molar-refractivity contribution in [1.29, 1.82) is 0 Å². The van der Waals surface area contributed by atoms with Crippen LogP contribution in [0.1, 0.15) is 37.0 Å². The van der Waals surface area contributed by atoms with Gasteiger partial charge >= 0.3 is 0 Å². The van der Waals surface area contributed by atoms with Crippen LogP contribution in [0.25, 0.3) is 0 Å². The van der Waals surface area contributed by atoms with Gasteiger partial charge in [-0.05, 0) is 68.8 Å². The van der Waals surface area contributed by atoms with Crippen LogP contribution < -0.4 is 15.5 Å². The molecule has 1 atom stereocenters. The highest BCUT2D eigenvalue weighted by Gasteiger charge is 2.21. The van der Waals surface area contributed by atoms with Crippen LogP contribution in [-0.4, -0.2) is 30.2 Å². The summed E-state index contributed by atoms with van der Waals surface area (Å²) in [5, 5.41) is 5.98. The zero-order valence-corrected chi connectivity index (χ0v) is 15.5. The van der Waals surface area contributed by atoms with E-state index in [-0.39, 0.29) is 17.6 Å². The largest absolute Gasteiger partial charge is 0.374 e. The number of Topliss-reactive ketones (excluding diaryl/α,β-unsaturated/α-hetero) is 1. The quantitative estimate of drug-likeness (QED) is 0.769. The number of carbonyl (C=O) groups excluding carboxylic acids is 3. The Morgan fingerprint density at radius 2 is 1.63 bits per heavy atom. The number of anilines is 3. The van der Waals surface area contributed by atoms with E-state index >= 15 is 0 Å². The van der Waals surface area contributed by atoms with Crippen LogP contribution in [0.4, 0.5) is 17.1 Å². The molecular formula is C21H23N3O3. The maximum Gasteiger partial charge on any atom is 0.246 e. The third kappa shape index (κ3) is 4.53. The van der Waals surface area contributed by atoms with Crippen molar-refractivity contribution in [3.63, 3.8) is 0 Å². The monoisotopic (exact) mass is 365 g/mol. The predicted molar refractivity (Wildman–Crippen MR) is 106 cm³/mol. The second kappa shape index (κ2) is 8.03. The van der Waals surface area contributed by atoms with Gasteiger partial charge in [0.1, 0.15) is 6.04 Å². The molecule has 6 heteroatoms. The lowest BCUT2D eigenvalue weighted by molar-refractivity contribution is -0.117. The van der Waals surface area contributed by atoms with E-state index in [4.69, 9.17) is 0 Å². The van der Waals surface area contributed by atoms with Crippen LogP contribution in [0.3, 0.4) is 0 Å². The Labute approximate surface area is 158 Å². The van der Waals surface area contributed by atoms with Gasteiger partial charge in [0.05, 0.1) is 0 Å². The Morgan fingerprint density at radius 1 is 1.00 bits per heavy atom. The molecule has 0 aromatic heterocycles. The zero-order valence-electron chi connectivity index (χ0n) is 15.5. The molecule has 0 aliphatic carbocycles. The molecule has 1 heterocycles. The number of ketones is 1. The van der Waals surface area contributed by atoms with E-state index < -0.39 is 6.04 Å². The Bertz CT molecular complexity index is 844. The molecule has 1 fully saturated rings. The minimum Gasteiger partial charge on any atom is -0.374 e. The fraction of sp³-hybridized carbons (Fsp3) is 0.286.